The maximum Gasteiger partial charge on any atom is -0.00245 e. The van der Waals surface area contributed by atoms with Crippen LogP contribution in [-0.2, 0) is 0 Å². The Bertz CT molecular complexity index is 683. The molecular formula is C25H28. The highest BCUT2D eigenvalue weighted by atomic mass is 14.3. The van der Waals surface area contributed by atoms with Crippen molar-refractivity contribution in [2.24, 2.45) is 0 Å². The Morgan fingerprint density at radius 2 is 0.800 bits per heavy atom. The van der Waals surface area contributed by atoms with Crippen LogP contribution < -0.4 is 0 Å². The Morgan fingerprint density at radius 3 is 1.12 bits per heavy atom. The van der Waals surface area contributed by atoms with Crippen LogP contribution in [0.15, 0.2) is 91.0 Å². The molecule has 0 heterocycles. The molecule has 0 heteroatoms. The van der Waals surface area contributed by atoms with Crippen LogP contribution in [0.1, 0.15) is 61.1 Å². The third kappa shape index (κ3) is 4.02. The molecule has 0 spiro atoms. The second kappa shape index (κ2) is 8.67. The van der Waals surface area contributed by atoms with Crippen LogP contribution in [0, 0.1) is 0 Å². The van der Waals surface area contributed by atoms with Crippen LogP contribution in [0.5, 0.6) is 0 Å². The zero-order chi connectivity index (χ0) is 17.5. The molecule has 0 aliphatic carbocycles. The lowest BCUT2D eigenvalue weighted by Gasteiger charge is -2.34. The molecule has 3 aromatic carbocycles. The van der Waals surface area contributed by atoms with Gasteiger partial charge in [-0.1, -0.05) is 105 Å². The summed E-state index contributed by atoms with van der Waals surface area (Å²) in [7, 11) is 0. The Labute approximate surface area is 152 Å². The first-order chi connectivity index (χ1) is 12.3. The Morgan fingerprint density at radius 1 is 0.480 bits per heavy atom. The first-order valence-corrected chi connectivity index (χ1v) is 9.50. The van der Waals surface area contributed by atoms with Gasteiger partial charge in [0.15, 0.2) is 0 Å². The topological polar surface area (TPSA) is 0 Å². The second-order valence-electron chi connectivity index (χ2n) is 6.79. The van der Waals surface area contributed by atoms with E-state index in [1.807, 2.05) is 0 Å². The molecule has 3 rings (SSSR count). The minimum Gasteiger partial charge on any atom is -0.0648 e. The first kappa shape index (κ1) is 17.5. The van der Waals surface area contributed by atoms with Gasteiger partial charge in [0.25, 0.3) is 0 Å². The van der Waals surface area contributed by atoms with Crippen LogP contribution in [0.25, 0.3) is 0 Å². The van der Waals surface area contributed by atoms with Crippen LogP contribution in [0.4, 0.5) is 0 Å². The number of rotatable bonds is 7. The van der Waals surface area contributed by atoms with E-state index in [1.54, 1.807) is 0 Å². The van der Waals surface area contributed by atoms with Gasteiger partial charge < -0.3 is 0 Å². The van der Waals surface area contributed by atoms with Crippen LogP contribution in [0.3, 0.4) is 0 Å². The van der Waals surface area contributed by atoms with Crippen LogP contribution in [-0.4, -0.2) is 0 Å². The molecule has 128 valence electrons. The van der Waals surface area contributed by atoms with Gasteiger partial charge >= 0.3 is 0 Å². The van der Waals surface area contributed by atoms with Crippen molar-refractivity contribution >= 4 is 0 Å². The smallest absolute Gasteiger partial charge is 0.00245 e. The predicted molar refractivity (Wildman–Crippen MR) is 108 cm³/mol. The molecule has 0 saturated carbocycles. The quantitative estimate of drug-likeness (QED) is 0.431. The lowest BCUT2D eigenvalue weighted by Crippen LogP contribution is -2.19. The fourth-order valence-electron chi connectivity index (χ4n) is 4.21. The average Bonchev–Trinajstić information content (AvgIpc) is 2.70. The highest BCUT2D eigenvalue weighted by Gasteiger charge is 2.30. The standard InChI is InChI=1S/C25H28/c1-3-23(20-14-8-5-9-15-20)25(22-18-12-7-13-19-22)24(4-2)21-16-10-6-11-17-21/h5-19,23-25H,3-4H2,1-2H3. The summed E-state index contributed by atoms with van der Waals surface area (Å²) in [6.07, 6.45) is 2.29. The molecule has 25 heavy (non-hydrogen) atoms. The molecule has 0 amide bonds. The number of hydrogen-bond acceptors (Lipinski definition) is 0. The zero-order valence-corrected chi connectivity index (χ0v) is 15.3. The van der Waals surface area contributed by atoms with Crippen molar-refractivity contribution in [2.75, 3.05) is 0 Å². The van der Waals surface area contributed by atoms with Crippen molar-refractivity contribution in [3.05, 3.63) is 108 Å². The van der Waals surface area contributed by atoms with Gasteiger partial charge in [-0.05, 0) is 47.3 Å². The molecule has 0 aliphatic heterocycles. The highest BCUT2D eigenvalue weighted by molar-refractivity contribution is 5.34. The average molecular weight is 328 g/mol. The lowest BCUT2D eigenvalue weighted by molar-refractivity contribution is 0.432. The Balaban J connectivity index is 2.09. The molecule has 3 aromatic rings. The molecule has 0 nitrogen and oxygen atoms in total. The van der Waals surface area contributed by atoms with Crippen molar-refractivity contribution in [1.29, 1.82) is 0 Å². The monoisotopic (exact) mass is 328 g/mol. The van der Waals surface area contributed by atoms with E-state index < -0.39 is 0 Å². The number of benzene rings is 3. The predicted octanol–water partition coefficient (Wildman–Crippen LogP) is 7.16. The molecule has 0 aromatic heterocycles. The van der Waals surface area contributed by atoms with E-state index >= 15 is 0 Å². The van der Waals surface area contributed by atoms with E-state index in [9.17, 15) is 0 Å². The third-order valence-corrected chi connectivity index (χ3v) is 5.39. The SMILES string of the molecule is CCC(c1ccccc1)C(c1ccccc1)C(CC)c1ccccc1. The molecule has 0 radical (unpaired) electrons. The van der Waals surface area contributed by atoms with E-state index in [2.05, 4.69) is 105 Å². The maximum atomic E-state index is 2.32. The summed E-state index contributed by atoms with van der Waals surface area (Å²) < 4.78 is 0. The van der Waals surface area contributed by atoms with Crippen molar-refractivity contribution in [3.8, 4) is 0 Å². The first-order valence-electron chi connectivity index (χ1n) is 9.50. The largest absolute Gasteiger partial charge is 0.0648 e. The summed E-state index contributed by atoms with van der Waals surface area (Å²) in [6.45, 7) is 4.65. The van der Waals surface area contributed by atoms with Crippen molar-refractivity contribution in [1.82, 2.24) is 0 Å². The van der Waals surface area contributed by atoms with Crippen LogP contribution >= 0.6 is 0 Å². The van der Waals surface area contributed by atoms with Crippen molar-refractivity contribution in [3.63, 3.8) is 0 Å². The summed E-state index contributed by atoms with van der Waals surface area (Å²) >= 11 is 0. The fraction of sp³-hybridized carbons (Fsp3) is 0.280. The summed E-state index contributed by atoms with van der Waals surface area (Å²) in [5.74, 6) is 1.53. The summed E-state index contributed by atoms with van der Waals surface area (Å²) in [6, 6.07) is 33.2. The van der Waals surface area contributed by atoms with Gasteiger partial charge in [0.1, 0.15) is 0 Å². The highest BCUT2D eigenvalue weighted by Crippen LogP contribution is 2.46. The molecule has 2 unspecified atom stereocenters. The maximum absolute atomic E-state index is 2.32. The Hall–Kier alpha value is -2.34. The zero-order valence-electron chi connectivity index (χ0n) is 15.3. The minimum absolute atomic E-state index is 0.487. The summed E-state index contributed by atoms with van der Waals surface area (Å²) in [5, 5.41) is 0. The molecule has 0 N–H and O–H groups in total. The molecule has 0 bridgehead atoms. The molecule has 0 fully saturated rings. The van der Waals surface area contributed by atoms with E-state index in [0.717, 1.165) is 12.8 Å². The van der Waals surface area contributed by atoms with Crippen LogP contribution in [0.2, 0.25) is 0 Å². The fourth-order valence-corrected chi connectivity index (χ4v) is 4.21. The van der Waals surface area contributed by atoms with Crippen molar-refractivity contribution < 1.29 is 0 Å². The van der Waals surface area contributed by atoms with E-state index in [-0.39, 0.29) is 0 Å². The molecule has 0 aliphatic rings. The van der Waals surface area contributed by atoms with Gasteiger partial charge in [-0.3, -0.25) is 0 Å². The number of hydrogen-bond donors (Lipinski definition) is 0. The van der Waals surface area contributed by atoms with E-state index in [4.69, 9.17) is 0 Å². The van der Waals surface area contributed by atoms with Gasteiger partial charge in [-0.15, -0.1) is 0 Å². The molecule has 0 saturated heterocycles. The van der Waals surface area contributed by atoms with Gasteiger partial charge in [0, 0.05) is 0 Å². The van der Waals surface area contributed by atoms with Crippen molar-refractivity contribution in [2.45, 2.75) is 44.4 Å². The third-order valence-electron chi connectivity index (χ3n) is 5.39. The normalized spacial score (nSPS) is 14.6. The molecular weight excluding hydrogens is 300 g/mol. The minimum atomic E-state index is 0.487. The van der Waals surface area contributed by atoms with Gasteiger partial charge in [0.2, 0.25) is 0 Å². The lowest BCUT2D eigenvalue weighted by atomic mass is 9.69. The van der Waals surface area contributed by atoms with Gasteiger partial charge in [-0.25, -0.2) is 0 Å². The van der Waals surface area contributed by atoms with Gasteiger partial charge in [0.05, 0.1) is 0 Å². The summed E-state index contributed by atoms with van der Waals surface area (Å²) in [5.41, 5.74) is 4.36. The Kier molecular flexibility index (Phi) is 6.06. The van der Waals surface area contributed by atoms with E-state index in [1.165, 1.54) is 16.7 Å². The van der Waals surface area contributed by atoms with E-state index in [0.29, 0.717) is 17.8 Å². The van der Waals surface area contributed by atoms with Gasteiger partial charge in [-0.2, -0.15) is 0 Å². The molecule has 2 atom stereocenters. The summed E-state index contributed by atoms with van der Waals surface area (Å²) in [4.78, 5) is 0. The second-order valence-corrected chi connectivity index (χ2v) is 6.79.